The molecule has 0 aliphatic carbocycles. The van der Waals surface area contributed by atoms with E-state index in [1.54, 1.807) is 6.20 Å². The number of piperazine rings is 1. The summed E-state index contributed by atoms with van der Waals surface area (Å²) in [5, 5.41) is 6.60. The number of hydrogen-bond acceptors (Lipinski definition) is 5. The summed E-state index contributed by atoms with van der Waals surface area (Å²) in [6.07, 6.45) is 3.12. The highest BCUT2D eigenvalue weighted by Crippen LogP contribution is 2.26. The first-order chi connectivity index (χ1) is 16.0. The van der Waals surface area contributed by atoms with Crippen LogP contribution in [0.25, 0.3) is 11.3 Å². The van der Waals surface area contributed by atoms with Gasteiger partial charge < -0.3 is 10.6 Å². The maximum atomic E-state index is 13.8. The number of likely N-dealkylation sites (tertiary alicyclic amines) is 1. The monoisotopic (exact) mass is 423 g/mol. The Hall–Kier alpha value is -2.90. The molecule has 7 heteroatoms. The van der Waals surface area contributed by atoms with E-state index in [2.05, 4.69) is 37.6 Å². The van der Waals surface area contributed by atoms with Crippen LogP contribution in [0.2, 0.25) is 0 Å². The van der Waals surface area contributed by atoms with E-state index >= 15 is 0 Å². The molecule has 2 aliphatic rings. The van der Waals surface area contributed by atoms with Gasteiger partial charge in [-0.2, -0.15) is 0 Å². The maximum absolute atomic E-state index is 13.8. The summed E-state index contributed by atoms with van der Waals surface area (Å²) in [5.74, 6) is -1.69. The predicted octanol–water partition coefficient (Wildman–Crippen LogP) is 3.62. The highest BCUT2D eigenvalue weighted by molar-refractivity contribution is 5.61. The van der Waals surface area contributed by atoms with E-state index in [4.69, 9.17) is 2.74 Å². The van der Waals surface area contributed by atoms with Gasteiger partial charge in [0.1, 0.15) is 11.6 Å². The molecule has 3 heterocycles. The highest BCUT2D eigenvalue weighted by atomic mass is 19.1. The molecular formula is C24H25F2N5. The van der Waals surface area contributed by atoms with Crippen LogP contribution in [-0.4, -0.2) is 46.6 Å². The van der Waals surface area contributed by atoms with E-state index in [9.17, 15) is 8.78 Å². The van der Waals surface area contributed by atoms with Gasteiger partial charge in [0.15, 0.2) is 0 Å². The van der Waals surface area contributed by atoms with Crippen molar-refractivity contribution in [2.75, 3.05) is 25.0 Å². The highest BCUT2D eigenvalue weighted by Gasteiger charge is 2.37. The minimum atomic E-state index is -1.14. The molecular weight excluding hydrogens is 396 g/mol. The summed E-state index contributed by atoms with van der Waals surface area (Å²) in [6.45, 7) is 3.39. The van der Waals surface area contributed by atoms with Gasteiger partial charge in [-0.15, -0.1) is 0 Å². The Bertz CT molecular complexity index is 1180. The zero-order chi connectivity index (χ0) is 22.9. The SMILES string of the molecule is [2H]c1c(F)cc(CCNc2nccc(-c3cccc(CN4CC5CC4CN5)c3)n2)c([2H])c1F. The fraction of sp³-hybridized carbons (Fsp3) is 0.333. The van der Waals surface area contributed by atoms with Crippen LogP contribution in [0.5, 0.6) is 0 Å². The van der Waals surface area contributed by atoms with Crippen LogP contribution in [-0.2, 0) is 13.0 Å². The number of nitrogens with one attached hydrogen (secondary N) is 2. The van der Waals surface area contributed by atoms with Crippen molar-refractivity contribution in [3.05, 3.63) is 77.4 Å². The molecule has 160 valence electrons. The second kappa shape index (κ2) is 8.69. The Labute approximate surface area is 183 Å². The van der Waals surface area contributed by atoms with E-state index in [0.717, 1.165) is 37.0 Å². The topological polar surface area (TPSA) is 53.1 Å². The molecule has 1 aromatic heterocycles. The number of benzene rings is 2. The molecule has 2 aliphatic heterocycles. The lowest BCUT2D eigenvalue weighted by atomic mass is 10.1. The summed E-state index contributed by atoms with van der Waals surface area (Å²) >= 11 is 0. The van der Waals surface area contributed by atoms with Gasteiger partial charge in [0.25, 0.3) is 0 Å². The Morgan fingerprint density at radius 1 is 1.16 bits per heavy atom. The molecule has 2 unspecified atom stereocenters. The third-order valence-corrected chi connectivity index (χ3v) is 5.91. The lowest BCUT2D eigenvalue weighted by Gasteiger charge is -2.27. The van der Waals surface area contributed by atoms with E-state index in [0.29, 0.717) is 24.6 Å². The lowest BCUT2D eigenvalue weighted by molar-refractivity contribution is 0.218. The quantitative estimate of drug-likeness (QED) is 0.608. The molecule has 2 fully saturated rings. The third-order valence-electron chi connectivity index (χ3n) is 5.91. The number of anilines is 1. The summed E-state index contributed by atoms with van der Waals surface area (Å²) in [7, 11) is 0. The molecule has 0 radical (unpaired) electrons. The van der Waals surface area contributed by atoms with Crippen molar-refractivity contribution in [1.29, 1.82) is 0 Å². The minimum absolute atomic E-state index is 0.197. The normalized spacial score (nSPS) is 21.2. The summed E-state index contributed by atoms with van der Waals surface area (Å²) in [4.78, 5) is 11.4. The molecule has 2 aromatic carbocycles. The first kappa shape index (κ1) is 17.7. The minimum Gasteiger partial charge on any atom is -0.354 e. The van der Waals surface area contributed by atoms with Crippen LogP contribution in [0.4, 0.5) is 14.7 Å². The average Bonchev–Trinajstić information content (AvgIpc) is 3.45. The van der Waals surface area contributed by atoms with Gasteiger partial charge >= 0.3 is 0 Å². The molecule has 0 spiro atoms. The van der Waals surface area contributed by atoms with Gasteiger partial charge in [0, 0.05) is 56.1 Å². The van der Waals surface area contributed by atoms with Crippen LogP contribution in [0, 0.1) is 11.6 Å². The van der Waals surface area contributed by atoms with Gasteiger partial charge in [-0.3, -0.25) is 4.90 Å². The fourth-order valence-electron chi connectivity index (χ4n) is 4.45. The Kier molecular flexibility index (Phi) is 4.97. The van der Waals surface area contributed by atoms with Gasteiger partial charge in [-0.05, 0) is 48.2 Å². The Balaban J connectivity index is 1.24. The molecule has 0 saturated carbocycles. The van der Waals surface area contributed by atoms with E-state index in [-0.39, 0.29) is 12.0 Å². The van der Waals surface area contributed by atoms with Crippen molar-refractivity contribution >= 4 is 5.95 Å². The van der Waals surface area contributed by atoms with Crippen molar-refractivity contribution in [3.63, 3.8) is 0 Å². The third kappa shape index (κ3) is 4.73. The van der Waals surface area contributed by atoms with Crippen LogP contribution < -0.4 is 10.6 Å². The van der Waals surface area contributed by atoms with Crippen molar-refractivity contribution in [2.45, 2.75) is 31.5 Å². The van der Waals surface area contributed by atoms with Crippen molar-refractivity contribution in [2.24, 2.45) is 0 Å². The zero-order valence-electron chi connectivity index (χ0n) is 19.0. The molecule has 31 heavy (non-hydrogen) atoms. The van der Waals surface area contributed by atoms with E-state index in [1.165, 1.54) is 12.0 Å². The molecule has 2 atom stereocenters. The van der Waals surface area contributed by atoms with Crippen LogP contribution in [0.1, 0.15) is 20.3 Å². The van der Waals surface area contributed by atoms with Gasteiger partial charge in [-0.25, -0.2) is 18.7 Å². The van der Waals surface area contributed by atoms with Crippen molar-refractivity contribution in [1.82, 2.24) is 20.2 Å². The summed E-state index contributed by atoms with van der Waals surface area (Å²) in [6, 6.07) is 11.2. The lowest BCUT2D eigenvalue weighted by Crippen LogP contribution is -2.42. The molecule has 2 bridgehead atoms. The molecule has 5 nitrogen and oxygen atoms in total. The first-order valence-electron chi connectivity index (χ1n) is 11.6. The number of aromatic nitrogens is 2. The number of hydrogen-bond donors (Lipinski definition) is 2. The zero-order valence-corrected chi connectivity index (χ0v) is 17.0. The Morgan fingerprint density at radius 2 is 2.10 bits per heavy atom. The van der Waals surface area contributed by atoms with Crippen LogP contribution >= 0.6 is 0 Å². The smallest absolute Gasteiger partial charge is 0.223 e. The van der Waals surface area contributed by atoms with Gasteiger partial charge in [0.2, 0.25) is 5.95 Å². The number of rotatable bonds is 7. The predicted molar refractivity (Wildman–Crippen MR) is 117 cm³/mol. The van der Waals surface area contributed by atoms with E-state index in [1.807, 2.05) is 18.2 Å². The van der Waals surface area contributed by atoms with E-state index < -0.39 is 23.7 Å². The average molecular weight is 424 g/mol. The van der Waals surface area contributed by atoms with Crippen LogP contribution in [0.15, 0.2) is 54.7 Å². The van der Waals surface area contributed by atoms with Gasteiger partial charge in [-0.1, -0.05) is 18.2 Å². The first-order valence-corrected chi connectivity index (χ1v) is 10.6. The largest absolute Gasteiger partial charge is 0.354 e. The van der Waals surface area contributed by atoms with Crippen LogP contribution in [0.3, 0.4) is 0 Å². The fourth-order valence-corrected chi connectivity index (χ4v) is 4.45. The number of halogens is 2. The summed E-state index contributed by atoms with van der Waals surface area (Å²) < 4.78 is 42.5. The molecule has 0 amide bonds. The maximum Gasteiger partial charge on any atom is 0.223 e. The number of fused-ring (bicyclic) bond motifs is 2. The van der Waals surface area contributed by atoms with Crippen molar-refractivity contribution in [3.8, 4) is 11.3 Å². The standard InChI is InChI=1S/C24H25F2N5/c25-19-9-16(10-20(26)11-19)4-6-27-24-28-7-5-23(30-24)18-3-1-2-17(8-18)14-31-15-21-12-22(31)13-29-21/h1-3,5,7-11,21-22,29H,4,6,12-15H2,(H,27,28,30)/i9D,11D. The summed E-state index contributed by atoms with van der Waals surface area (Å²) in [5.41, 5.74) is 3.24. The van der Waals surface area contributed by atoms with Gasteiger partial charge in [0.05, 0.1) is 8.44 Å². The molecule has 2 saturated heterocycles. The molecule has 2 N–H and O–H groups in total. The second-order valence-corrected chi connectivity index (χ2v) is 8.15. The number of nitrogens with zero attached hydrogens (tertiary/aromatic N) is 3. The second-order valence-electron chi connectivity index (χ2n) is 8.15. The Morgan fingerprint density at radius 3 is 2.94 bits per heavy atom. The van der Waals surface area contributed by atoms with Crippen molar-refractivity contribution < 1.29 is 11.5 Å². The molecule has 5 rings (SSSR count). The molecule has 3 aromatic rings.